The summed E-state index contributed by atoms with van der Waals surface area (Å²) >= 11 is 0. The Morgan fingerprint density at radius 1 is 1.43 bits per heavy atom. The number of hydrogen-bond donors (Lipinski definition) is 2. The molecule has 0 bridgehead atoms. The van der Waals surface area contributed by atoms with Crippen molar-refractivity contribution in [3.63, 3.8) is 0 Å². The molecule has 1 aromatic rings. The van der Waals surface area contributed by atoms with Crippen LogP contribution in [0.5, 0.6) is 0 Å². The summed E-state index contributed by atoms with van der Waals surface area (Å²) in [5.41, 5.74) is 0. The zero-order chi connectivity index (χ0) is 14.8. The molecule has 0 amide bonds. The molecule has 6 nitrogen and oxygen atoms in total. The number of nitrogens with one attached hydrogen (secondary N) is 1. The first-order chi connectivity index (χ1) is 10.1. The average molecular weight is 292 g/mol. The molecule has 1 saturated heterocycles. The van der Waals surface area contributed by atoms with Crippen molar-refractivity contribution in [1.29, 1.82) is 0 Å². The summed E-state index contributed by atoms with van der Waals surface area (Å²) in [5.74, 6) is 2.41. The number of nitrogens with zero attached hydrogens (tertiary/aromatic N) is 3. The van der Waals surface area contributed by atoms with Crippen LogP contribution in [0.2, 0.25) is 0 Å². The molecule has 1 aliphatic heterocycles. The number of aliphatic hydroxyl groups is 1. The van der Waals surface area contributed by atoms with Crippen molar-refractivity contribution in [1.82, 2.24) is 9.97 Å². The standard InChI is InChI=1S/C15H24N4O2/c1-10(20)6-16-14-5-15(18-9-17-14)19-7-11(2)21-13(8-19)12-3-4-12/h5,9-13,20H,3-4,6-8H2,1-2H3,(H,16,17,18). The maximum Gasteiger partial charge on any atom is 0.134 e. The Bertz CT molecular complexity index is 478. The van der Waals surface area contributed by atoms with Crippen LogP contribution in [-0.2, 0) is 4.74 Å². The van der Waals surface area contributed by atoms with Gasteiger partial charge in [-0.2, -0.15) is 0 Å². The molecule has 0 radical (unpaired) electrons. The van der Waals surface area contributed by atoms with E-state index in [0.29, 0.717) is 12.6 Å². The summed E-state index contributed by atoms with van der Waals surface area (Å²) in [6, 6.07) is 1.95. The van der Waals surface area contributed by atoms with Gasteiger partial charge in [-0.15, -0.1) is 0 Å². The van der Waals surface area contributed by atoms with E-state index in [9.17, 15) is 5.11 Å². The maximum atomic E-state index is 9.34. The van der Waals surface area contributed by atoms with Crippen molar-refractivity contribution >= 4 is 11.6 Å². The summed E-state index contributed by atoms with van der Waals surface area (Å²) in [5, 5.41) is 12.5. The number of aliphatic hydroxyl groups excluding tert-OH is 1. The highest BCUT2D eigenvalue weighted by molar-refractivity contribution is 5.49. The number of rotatable bonds is 5. The van der Waals surface area contributed by atoms with Crippen molar-refractivity contribution < 1.29 is 9.84 Å². The van der Waals surface area contributed by atoms with Gasteiger partial charge >= 0.3 is 0 Å². The normalized spacial score (nSPS) is 27.5. The number of morpholine rings is 1. The topological polar surface area (TPSA) is 70.5 Å². The van der Waals surface area contributed by atoms with Gasteiger partial charge in [-0.3, -0.25) is 0 Å². The molecule has 2 fully saturated rings. The van der Waals surface area contributed by atoms with Gasteiger partial charge in [-0.05, 0) is 32.6 Å². The van der Waals surface area contributed by atoms with Gasteiger partial charge in [0, 0.05) is 25.7 Å². The Balaban J connectivity index is 1.68. The second-order valence-electron chi connectivity index (χ2n) is 6.22. The van der Waals surface area contributed by atoms with Crippen LogP contribution in [0.25, 0.3) is 0 Å². The van der Waals surface area contributed by atoms with E-state index < -0.39 is 6.10 Å². The molecule has 1 aromatic heterocycles. The molecule has 3 unspecified atom stereocenters. The summed E-state index contributed by atoms with van der Waals surface area (Å²) in [4.78, 5) is 10.9. The fourth-order valence-electron chi connectivity index (χ4n) is 2.77. The molecule has 2 aliphatic rings. The van der Waals surface area contributed by atoms with Crippen molar-refractivity contribution in [3.8, 4) is 0 Å². The van der Waals surface area contributed by atoms with E-state index in [4.69, 9.17) is 4.74 Å². The zero-order valence-corrected chi connectivity index (χ0v) is 12.7. The Morgan fingerprint density at radius 3 is 2.95 bits per heavy atom. The minimum absolute atomic E-state index is 0.230. The molecular weight excluding hydrogens is 268 g/mol. The molecule has 1 saturated carbocycles. The van der Waals surface area contributed by atoms with Gasteiger partial charge in [0.05, 0.1) is 18.3 Å². The van der Waals surface area contributed by atoms with Crippen LogP contribution in [0, 0.1) is 5.92 Å². The highest BCUT2D eigenvalue weighted by atomic mass is 16.5. The second kappa shape index (κ2) is 6.15. The molecule has 2 heterocycles. The third-order valence-electron chi connectivity index (χ3n) is 3.99. The third-order valence-corrected chi connectivity index (χ3v) is 3.99. The van der Waals surface area contributed by atoms with Gasteiger partial charge in [0.1, 0.15) is 18.0 Å². The van der Waals surface area contributed by atoms with E-state index >= 15 is 0 Å². The Morgan fingerprint density at radius 2 is 2.24 bits per heavy atom. The molecule has 21 heavy (non-hydrogen) atoms. The van der Waals surface area contributed by atoms with Gasteiger partial charge in [0.2, 0.25) is 0 Å². The van der Waals surface area contributed by atoms with Crippen LogP contribution >= 0.6 is 0 Å². The molecule has 1 aliphatic carbocycles. The van der Waals surface area contributed by atoms with E-state index in [2.05, 4.69) is 27.1 Å². The first kappa shape index (κ1) is 14.5. The monoisotopic (exact) mass is 292 g/mol. The summed E-state index contributed by atoms with van der Waals surface area (Å²) in [6.45, 7) is 6.12. The first-order valence-electron chi connectivity index (χ1n) is 7.76. The van der Waals surface area contributed by atoms with Crippen molar-refractivity contribution in [2.75, 3.05) is 29.9 Å². The van der Waals surface area contributed by atoms with Crippen LogP contribution < -0.4 is 10.2 Å². The van der Waals surface area contributed by atoms with Gasteiger partial charge in [0.25, 0.3) is 0 Å². The van der Waals surface area contributed by atoms with Crippen molar-refractivity contribution in [2.45, 2.75) is 45.0 Å². The number of aromatic nitrogens is 2. The summed E-state index contributed by atoms with van der Waals surface area (Å²) < 4.78 is 6.04. The Hall–Kier alpha value is -1.40. The van der Waals surface area contributed by atoms with Gasteiger partial charge in [0.15, 0.2) is 0 Å². The molecule has 0 aromatic carbocycles. The molecule has 0 spiro atoms. The van der Waals surface area contributed by atoms with E-state index in [0.717, 1.165) is 30.6 Å². The predicted molar refractivity (Wildman–Crippen MR) is 81.5 cm³/mol. The number of anilines is 2. The lowest BCUT2D eigenvalue weighted by atomic mass is 10.1. The Labute approximate surface area is 125 Å². The highest BCUT2D eigenvalue weighted by Crippen LogP contribution is 2.37. The van der Waals surface area contributed by atoms with Gasteiger partial charge < -0.3 is 20.1 Å². The Kier molecular flexibility index (Phi) is 4.26. The fraction of sp³-hybridized carbons (Fsp3) is 0.733. The molecule has 116 valence electrons. The fourth-order valence-corrected chi connectivity index (χ4v) is 2.77. The number of ether oxygens (including phenoxy) is 1. The van der Waals surface area contributed by atoms with Crippen molar-refractivity contribution in [2.24, 2.45) is 5.92 Å². The smallest absolute Gasteiger partial charge is 0.134 e. The lowest BCUT2D eigenvalue weighted by Gasteiger charge is -2.37. The van der Waals surface area contributed by atoms with E-state index in [1.165, 1.54) is 12.8 Å². The maximum absolute atomic E-state index is 9.34. The third kappa shape index (κ3) is 3.83. The van der Waals surface area contributed by atoms with Crippen LogP contribution in [0.4, 0.5) is 11.6 Å². The van der Waals surface area contributed by atoms with E-state index in [-0.39, 0.29) is 6.10 Å². The minimum atomic E-state index is -0.397. The molecular formula is C15H24N4O2. The summed E-state index contributed by atoms with van der Waals surface area (Å²) in [6.07, 6.45) is 4.31. The quantitative estimate of drug-likeness (QED) is 0.852. The van der Waals surface area contributed by atoms with Gasteiger partial charge in [-0.1, -0.05) is 0 Å². The van der Waals surface area contributed by atoms with Crippen LogP contribution in [0.3, 0.4) is 0 Å². The van der Waals surface area contributed by atoms with Crippen LogP contribution in [0.1, 0.15) is 26.7 Å². The lowest BCUT2D eigenvalue weighted by Crippen LogP contribution is -2.47. The zero-order valence-electron chi connectivity index (χ0n) is 12.7. The van der Waals surface area contributed by atoms with Crippen LogP contribution in [-0.4, -0.2) is 53.0 Å². The minimum Gasteiger partial charge on any atom is -0.392 e. The first-order valence-corrected chi connectivity index (χ1v) is 7.76. The SMILES string of the molecule is CC(O)CNc1cc(N2CC(C)OC(C3CC3)C2)ncn1. The number of hydrogen-bond acceptors (Lipinski definition) is 6. The molecule has 3 rings (SSSR count). The van der Waals surface area contributed by atoms with E-state index in [1.54, 1.807) is 13.3 Å². The predicted octanol–water partition coefficient (Wildman–Crippen LogP) is 1.27. The van der Waals surface area contributed by atoms with E-state index in [1.807, 2.05) is 6.07 Å². The van der Waals surface area contributed by atoms with Gasteiger partial charge in [-0.25, -0.2) is 9.97 Å². The molecule has 3 atom stereocenters. The van der Waals surface area contributed by atoms with Crippen LogP contribution in [0.15, 0.2) is 12.4 Å². The second-order valence-corrected chi connectivity index (χ2v) is 6.22. The highest BCUT2D eigenvalue weighted by Gasteiger charge is 2.37. The summed E-state index contributed by atoms with van der Waals surface area (Å²) in [7, 11) is 0. The van der Waals surface area contributed by atoms with Crippen molar-refractivity contribution in [3.05, 3.63) is 12.4 Å². The largest absolute Gasteiger partial charge is 0.392 e. The average Bonchev–Trinajstić information content (AvgIpc) is 3.29. The molecule has 2 N–H and O–H groups in total. The molecule has 6 heteroatoms. The lowest BCUT2D eigenvalue weighted by molar-refractivity contribution is -0.0273.